The second kappa shape index (κ2) is 8.01. The van der Waals surface area contributed by atoms with Crippen molar-refractivity contribution in [3.8, 4) is 5.75 Å². The number of hydrogen-bond donors (Lipinski definition) is 1. The van der Waals surface area contributed by atoms with E-state index in [0.717, 1.165) is 28.6 Å². The smallest absolute Gasteiger partial charge is 0.261 e. The molecule has 0 radical (unpaired) electrons. The molecule has 0 aromatic heterocycles. The summed E-state index contributed by atoms with van der Waals surface area (Å²) in [4.78, 5) is -0.452. The van der Waals surface area contributed by atoms with Gasteiger partial charge < -0.3 is 4.74 Å². The highest BCUT2D eigenvalue weighted by atomic mass is 35.5. The van der Waals surface area contributed by atoms with Crippen LogP contribution in [-0.4, -0.2) is 41.8 Å². The molecule has 0 aliphatic carbocycles. The summed E-state index contributed by atoms with van der Waals surface area (Å²) >= 11 is 5.63. The van der Waals surface area contributed by atoms with E-state index in [1.165, 1.54) is 26.2 Å². The zero-order valence-electron chi connectivity index (χ0n) is 14.7. The molecule has 7 nitrogen and oxygen atoms in total. The molecule has 0 spiro atoms. The maximum atomic E-state index is 13.3. The molecule has 0 unspecified atom stereocenters. The number of sulfonamides is 2. The standard InChI is InChI=1S/C16H18ClFN2O5S2/c1-4-25-15-8-5-11(9-16(15)27(23,24)20(2)3)19-26(21,22)12-6-7-14(18)13(17)10-12/h5-10,19H,4H2,1-3H3. The molecule has 0 atom stereocenters. The average molecular weight is 437 g/mol. The molecule has 0 heterocycles. The molecule has 0 bridgehead atoms. The fraction of sp³-hybridized carbons (Fsp3) is 0.250. The van der Waals surface area contributed by atoms with Crippen LogP contribution in [0.5, 0.6) is 5.75 Å². The Bertz CT molecular complexity index is 1060. The van der Waals surface area contributed by atoms with Crippen LogP contribution in [0.4, 0.5) is 10.1 Å². The van der Waals surface area contributed by atoms with E-state index in [1.807, 2.05) is 0 Å². The summed E-state index contributed by atoms with van der Waals surface area (Å²) in [5, 5.41) is -0.347. The first-order valence-electron chi connectivity index (χ1n) is 7.66. The lowest BCUT2D eigenvalue weighted by molar-refractivity contribution is 0.330. The fourth-order valence-electron chi connectivity index (χ4n) is 2.10. The van der Waals surface area contributed by atoms with E-state index in [2.05, 4.69) is 4.72 Å². The molecule has 0 saturated carbocycles. The quantitative estimate of drug-likeness (QED) is 0.720. The van der Waals surface area contributed by atoms with Crippen LogP contribution in [0.15, 0.2) is 46.2 Å². The van der Waals surface area contributed by atoms with Gasteiger partial charge in [0.2, 0.25) is 10.0 Å². The van der Waals surface area contributed by atoms with Crippen molar-refractivity contribution in [1.82, 2.24) is 4.31 Å². The molecule has 1 N–H and O–H groups in total. The third kappa shape index (κ3) is 4.70. The van der Waals surface area contributed by atoms with Crippen molar-refractivity contribution in [3.05, 3.63) is 47.2 Å². The van der Waals surface area contributed by atoms with Crippen LogP contribution >= 0.6 is 11.6 Å². The van der Waals surface area contributed by atoms with Gasteiger partial charge in [0.05, 0.1) is 22.2 Å². The predicted octanol–water partition coefficient (Wildman–Crippen LogP) is 2.93. The van der Waals surface area contributed by atoms with E-state index in [4.69, 9.17) is 16.3 Å². The largest absolute Gasteiger partial charge is 0.492 e. The van der Waals surface area contributed by atoms with Crippen LogP contribution < -0.4 is 9.46 Å². The number of rotatable bonds is 7. The number of anilines is 1. The summed E-state index contributed by atoms with van der Waals surface area (Å²) in [6.07, 6.45) is 0. The first-order valence-corrected chi connectivity index (χ1v) is 11.0. The molecule has 2 aromatic carbocycles. The van der Waals surface area contributed by atoms with Crippen LogP contribution in [0.3, 0.4) is 0 Å². The first kappa shape index (κ1) is 21.4. The van der Waals surface area contributed by atoms with Gasteiger partial charge in [-0.25, -0.2) is 25.5 Å². The second-order valence-corrected chi connectivity index (χ2v) is 9.77. The molecule has 148 valence electrons. The topological polar surface area (TPSA) is 92.8 Å². The van der Waals surface area contributed by atoms with Crippen molar-refractivity contribution < 1.29 is 26.0 Å². The number of benzene rings is 2. The van der Waals surface area contributed by atoms with Crippen molar-refractivity contribution in [2.45, 2.75) is 16.7 Å². The fourth-order valence-corrected chi connectivity index (χ4v) is 4.47. The monoisotopic (exact) mass is 436 g/mol. The highest BCUT2D eigenvalue weighted by Crippen LogP contribution is 2.30. The molecule has 2 aromatic rings. The van der Waals surface area contributed by atoms with E-state index in [1.54, 1.807) is 6.92 Å². The number of hydrogen-bond acceptors (Lipinski definition) is 5. The second-order valence-electron chi connectivity index (χ2n) is 5.56. The Balaban J connectivity index is 2.49. The van der Waals surface area contributed by atoms with Gasteiger partial charge in [0.1, 0.15) is 16.5 Å². The summed E-state index contributed by atoms with van der Waals surface area (Å²) in [6.45, 7) is 1.93. The molecule has 11 heteroatoms. The van der Waals surface area contributed by atoms with Crippen LogP contribution in [-0.2, 0) is 20.0 Å². The Morgan fingerprint density at radius 2 is 1.78 bits per heavy atom. The molecule has 27 heavy (non-hydrogen) atoms. The van der Waals surface area contributed by atoms with Gasteiger partial charge in [-0.2, -0.15) is 0 Å². The Labute approximate surface area is 162 Å². The molecule has 0 aliphatic rings. The van der Waals surface area contributed by atoms with Crippen molar-refractivity contribution in [3.63, 3.8) is 0 Å². The molecule has 2 rings (SSSR count). The van der Waals surface area contributed by atoms with Crippen molar-refractivity contribution in [2.24, 2.45) is 0 Å². The van der Waals surface area contributed by atoms with Gasteiger partial charge in [-0.15, -0.1) is 0 Å². The number of halogens is 2. The zero-order chi connectivity index (χ0) is 20.4. The van der Waals surface area contributed by atoms with E-state index in [0.29, 0.717) is 0 Å². The Morgan fingerprint density at radius 3 is 2.33 bits per heavy atom. The van der Waals surface area contributed by atoms with Crippen LogP contribution in [0.1, 0.15) is 6.92 Å². The molecule has 0 aliphatic heterocycles. The minimum atomic E-state index is -4.11. The molecule has 0 saturated heterocycles. The van der Waals surface area contributed by atoms with Gasteiger partial charge in [-0.3, -0.25) is 4.72 Å². The summed E-state index contributed by atoms with van der Waals surface area (Å²) in [6, 6.07) is 6.82. The molecular formula is C16H18ClFN2O5S2. The van der Waals surface area contributed by atoms with E-state index >= 15 is 0 Å². The third-order valence-corrected chi connectivity index (χ3v) is 6.96. The van der Waals surface area contributed by atoms with Crippen molar-refractivity contribution in [2.75, 3.05) is 25.4 Å². The lowest BCUT2D eigenvalue weighted by Gasteiger charge is -2.17. The summed E-state index contributed by atoms with van der Waals surface area (Å²) in [5.41, 5.74) is -0.000625. The van der Waals surface area contributed by atoms with E-state index < -0.39 is 25.9 Å². The minimum absolute atomic E-state index is 0.000625. The molecule has 0 amide bonds. The number of ether oxygens (including phenoxy) is 1. The van der Waals surface area contributed by atoms with Crippen LogP contribution in [0.2, 0.25) is 5.02 Å². The van der Waals surface area contributed by atoms with Gasteiger partial charge >= 0.3 is 0 Å². The van der Waals surface area contributed by atoms with Crippen LogP contribution in [0.25, 0.3) is 0 Å². The van der Waals surface area contributed by atoms with Crippen molar-refractivity contribution >= 4 is 37.3 Å². The first-order chi connectivity index (χ1) is 12.5. The maximum absolute atomic E-state index is 13.3. The number of nitrogens with one attached hydrogen (secondary N) is 1. The summed E-state index contributed by atoms with van der Waals surface area (Å²) in [7, 11) is -5.29. The third-order valence-electron chi connectivity index (χ3n) is 3.46. The summed E-state index contributed by atoms with van der Waals surface area (Å²) < 4.78 is 71.8. The van der Waals surface area contributed by atoms with Crippen LogP contribution in [0, 0.1) is 5.82 Å². The maximum Gasteiger partial charge on any atom is 0.261 e. The highest BCUT2D eigenvalue weighted by Gasteiger charge is 2.24. The van der Waals surface area contributed by atoms with Gasteiger partial charge in [-0.1, -0.05) is 11.6 Å². The van der Waals surface area contributed by atoms with E-state index in [9.17, 15) is 21.2 Å². The minimum Gasteiger partial charge on any atom is -0.492 e. The van der Waals surface area contributed by atoms with E-state index in [-0.39, 0.29) is 32.9 Å². The summed E-state index contributed by atoms with van der Waals surface area (Å²) in [5.74, 6) is -0.657. The zero-order valence-corrected chi connectivity index (χ0v) is 17.1. The average Bonchev–Trinajstić information content (AvgIpc) is 2.58. The Kier molecular flexibility index (Phi) is 6.35. The highest BCUT2D eigenvalue weighted by molar-refractivity contribution is 7.92. The normalized spacial score (nSPS) is 12.2. The van der Waals surface area contributed by atoms with Gasteiger partial charge in [0.15, 0.2) is 0 Å². The van der Waals surface area contributed by atoms with Gasteiger partial charge in [0.25, 0.3) is 10.0 Å². The lowest BCUT2D eigenvalue weighted by Crippen LogP contribution is -2.23. The van der Waals surface area contributed by atoms with Gasteiger partial charge in [-0.05, 0) is 43.3 Å². The predicted molar refractivity (Wildman–Crippen MR) is 101 cm³/mol. The Morgan fingerprint density at radius 1 is 1.11 bits per heavy atom. The molecular weight excluding hydrogens is 419 g/mol. The SMILES string of the molecule is CCOc1ccc(NS(=O)(=O)c2ccc(F)c(Cl)c2)cc1S(=O)(=O)N(C)C. The lowest BCUT2D eigenvalue weighted by atomic mass is 10.3. The Hall–Kier alpha value is -1.88. The molecule has 0 fully saturated rings. The van der Waals surface area contributed by atoms with Crippen molar-refractivity contribution in [1.29, 1.82) is 0 Å². The number of nitrogens with zero attached hydrogens (tertiary/aromatic N) is 1. The van der Waals surface area contributed by atoms with Gasteiger partial charge in [0, 0.05) is 14.1 Å².